The summed E-state index contributed by atoms with van der Waals surface area (Å²) < 4.78 is 35.8. The third-order valence-electron chi connectivity index (χ3n) is 4.08. The highest BCUT2D eigenvalue weighted by Crippen LogP contribution is 2.30. The number of aromatic nitrogens is 3. The molecule has 15 nitrogen and oxygen atoms in total. The molecule has 2 unspecified atom stereocenters. The van der Waals surface area contributed by atoms with Gasteiger partial charge in [-0.15, -0.1) is 9.38 Å². The maximum Gasteiger partial charge on any atom is 0.418 e. The van der Waals surface area contributed by atoms with Crippen LogP contribution in [0.5, 0.6) is 0 Å². The predicted molar refractivity (Wildman–Crippen MR) is 84.4 cm³/mol. The fourth-order valence-corrected chi connectivity index (χ4v) is 3.32. The van der Waals surface area contributed by atoms with Crippen molar-refractivity contribution in [2.45, 2.75) is 31.5 Å². The molecule has 150 valence electrons. The first-order chi connectivity index (χ1) is 13.2. The first-order valence-electron chi connectivity index (χ1n) is 7.83. The van der Waals surface area contributed by atoms with Gasteiger partial charge in [-0.05, 0) is 12.8 Å². The Labute approximate surface area is 157 Å². The highest BCUT2D eigenvalue weighted by Gasteiger charge is 2.49. The summed E-state index contributed by atoms with van der Waals surface area (Å²) in [4.78, 5) is 37.4. The standard InChI is InChI=1S/C12H14N8O7S/c13-3-7-4-18(17-14-7)6-10(21)15-16-11(22)9-2-1-8-5-19(9)12(23)20(8)27-28(24,25)26/h4,8-9H,1-2,5-6H2,(H,15,21)(H,16,22)(H,24,25,26). The molecule has 2 bridgehead atoms. The van der Waals surface area contributed by atoms with E-state index in [1.54, 1.807) is 6.07 Å². The Balaban J connectivity index is 1.54. The summed E-state index contributed by atoms with van der Waals surface area (Å²) in [6.07, 6.45) is 1.69. The smallest absolute Gasteiger partial charge is 0.309 e. The second-order valence-electron chi connectivity index (χ2n) is 5.96. The molecular weight excluding hydrogens is 400 g/mol. The number of hydrazine groups is 1. The molecule has 28 heavy (non-hydrogen) atoms. The van der Waals surface area contributed by atoms with Gasteiger partial charge in [0.1, 0.15) is 18.7 Å². The highest BCUT2D eigenvalue weighted by molar-refractivity contribution is 7.80. The average Bonchev–Trinajstić information content (AvgIpc) is 3.17. The van der Waals surface area contributed by atoms with Crippen molar-refractivity contribution in [1.82, 2.24) is 35.8 Å². The van der Waals surface area contributed by atoms with Gasteiger partial charge < -0.3 is 4.90 Å². The molecule has 4 amide bonds. The van der Waals surface area contributed by atoms with Crippen LogP contribution in [-0.2, 0) is 30.8 Å². The van der Waals surface area contributed by atoms with Gasteiger partial charge >= 0.3 is 16.4 Å². The van der Waals surface area contributed by atoms with E-state index in [4.69, 9.17) is 9.81 Å². The Kier molecular flexibility index (Phi) is 5.13. The van der Waals surface area contributed by atoms with E-state index in [1.165, 1.54) is 6.20 Å². The van der Waals surface area contributed by atoms with Crippen LogP contribution in [0, 0.1) is 11.3 Å². The van der Waals surface area contributed by atoms with Gasteiger partial charge in [-0.1, -0.05) is 5.21 Å². The molecule has 2 aliphatic heterocycles. The minimum atomic E-state index is -4.88. The lowest BCUT2D eigenvalue weighted by Crippen LogP contribution is -2.54. The number of nitrogens with one attached hydrogen (secondary N) is 2. The molecule has 3 N–H and O–H groups in total. The van der Waals surface area contributed by atoms with Crippen LogP contribution in [0.2, 0.25) is 0 Å². The Morgan fingerprint density at radius 1 is 1.39 bits per heavy atom. The van der Waals surface area contributed by atoms with Gasteiger partial charge in [-0.3, -0.25) is 25.0 Å². The Morgan fingerprint density at radius 3 is 2.79 bits per heavy atom. The van der Waals surface area contributed by atoms with Crippen molar-refractivity contribution in [3.63, 3.8) is 0 Å². The first kappa shape index (κ1) is 19.5. The van der Waals surface area contributed by atoms with E-state index in [0.29, 0.717) is 5.06 Å². The molecule has 2 aliphatic rings. The van der Waals surface area contributed by atoms with Crippen LogP contribution in [0.4, 0.5) is 4.79 Å². The molecule has 2 fully saturated rings. The average molecular weight is 414 g/mol. The number of urea groups is 1. The maximum absolute atomic E-state index is 12.3. The van der Waals surface area contributed by atoms with Gasteiger partial charge in [0.05, 0.1) is 12.2 Å². The van der Waals surface area contributed by atoms with Crippen LogP contribution in [-0.4, -0.2) is 74.4 Å². The van der Waals surface area contributed by atoms with Crippen molar-refractivity contribution in [2.75, 3.05) is 6.54 Å². The van der Waals surface area contributed by atoms with E-state index in [2.05, 4.69) is 25.4 Å². The number of hydrogen-bond acceptors (Lipinski definition) is 9. The number of hydrogen-bond donors (Lipinski definition) is 3. The third-order valence-corrected chi connectivity index (χ3v) is 4.43. The molecule has 2 saturated heterocycles. The number of carbonyl (C=O) groups excluding carboxylic acids is 3. The molecule has 0 saturated carbocycles. The van der Waals surface area contributed by atoms with Crippen LogP contribution in [0.25, 0.3) is 0 Å². The summed E-state index contributed by atoms with van der Waals surface area (Å²) in [6, 6.07) is -0.733. The number of amides is 4. The van der Waals surface area contributed by atoms with Gasteiger partial charge in [0.2, 0.25) is 0 Å². The van der Waals surface area contributed by atoms with Crippen LogP contribution in [0.3, 0.4) is 0 Å². The number of nitrogens with zero attached hydrogens (tertiary/aromatic N) is 6. The van der Waals surface area contributed by atoms with E-state index >= 15 is 0 Å². The fourth-order valence-electron chi connectivity index (χ4n) is 2.93. The monoisotopic (exact) mass is 414 g/mol. The molecule has 2 atom stereocenters. The number of piperidine rings is 1. The maximum atomic E-state index is 12.3. The summed E-state index contributed by atoms with van der Waals surface area (Å²) in [6.45, 7) is -0.281. The lowest BCUT2D eigenvalue weighted by molar-refractivity contribution is -0.132. The summed E-state index contributed by atoms with van der Waals surface area (Å²) in [5.41, 5.74) is 4.35. The topological polar surface area (TPSA) is 200 Å². The number of hydroxylamine groups is 2. The molecule has 0 radical (unpaired) electrons. The van der Waals surface area contributed by atoms with E-state index in [9.17, 15) is 22.8 Å². The van der Waals surface area contributed by atoms with E-state index < -0.39 is 40.3 Å². The molecule has 1 aromatic heterocycles. The largest absolute Gasteiger partial charge is 0.418 e. The summed E-state index contributed by atoms with van der Waals surface area (Å²) in [7, 11) is -4.88. The first-order valence-corrected chi connectivity index (χ1v) is 9.20. The van der Waals surface area contributed by atoms with Gasteiger partial charge in [-0.2, -0.15) is 18.7 Å². The molecule has 16 heteroatoms. The zero-order valence-corrected chi connectivity index (χ0v) is 14.9. The van der Waals surface area contributed by atoms with Crippen molar-refractivity contribution >= 4 is 28.2 Å². The lowest BCUT2D eigenvalue weighted by Gasteiger charge is -2.29. The minimum absolute atomic E-state index is 0.0241. The molecule has 3 heterocycles. The van der Waals surface area contributed by atoms with E-state index in [0.717, 1.165) is 9.58 Å². The van der Waals surface area contributed by atoms with Crippen molar-refractivity contribution in [3.05, 3.63) is 11.9 Å². The summed E-state index contributed by atoms with van der Waals surface area (Å²) in [5, 5.41) is 16.2. The Morgan fingerprint density at radius 2 is 2.14 bits per heavy atom. The number of rotatable bonds is 5. The molecule has 0 aliphatic carbocycles. The zero-order valence-electron chi connectivity index (χ0n) is 14.0. The van der Waals surface area contributed by atoms with Crippen molar-refractivity contribution in [3.8, 4) is 6.07 Å². The van der Waals surface area contributed by atoms with Gasteiger partial charge in [0.15, 0.2) is 5.69 Å². The Bertz CT molecular complexity index is 953. The summed E-state index contributed by atoms with van der Waals surface area (Å²) >= 11 is 0. The number of fused-ring (bicyclic) bond motifs is 2. The van der Waals surface area contributed by atoms with Crippen LogP contribution < -0.4 is 10.9 Å². The molecule has 0 aromatic carbocycles. The zero-order chi connectivity index (χ0) is 20.5. The highest BCUT2D eigenvalue weighted by atomic mass is 32.3. The number of nitriles is 1. The second-order valence-corrected chi connectivity index (χ2v) is 6.97. The van der Waals surface area contributed by atoms with Gasteiger partial charge in [-0.25, -0.2) is 9.48 Å². The predicted octanol–water partition coefficient (Wildman–Crippen LogP) is -2.70. The number of carbonyl (C=O) groups is 3. The SMILES string of the molecule is N#Cc1cn(CC(=O)NNC(=O)C2CCC3CN2C(=O)N3OS(=O)(=O)O)nn1. The van der Waals surface area contributed by atoms with Gasteiger partial charge in [0, 0.05) is 6.54 Å². The second kappa shape index (κ2) is 7.38. The van der Waals surface area contributed by atoms with Crippen LogP contribution >= 0.6 is 0 Å². The van der Waals surface area contributed by atoms with Crippen LogP contribution in [0.15, 0.2) is 6.20 Å². The van der Waals surface area contributed by atoms with E-state index in [-0.39, 0.29) is 31.6 Å². The van der Waals surface area contributed by atoms with Crippen LogP contribution in [0.1, 0.15) is 18.5 Å². The fraction of sp³-hybridized carbons (Fsp3) is 0.500. The normalized spacial score (nSPS) is 21.4. The Hall–Kier alpha value is -3.29. The quantitative estimate of drug-likeness (QED) is 0.336. The van der Waals surface area contributed by atoms with E-state index in [1.807, 2.05) is 0 Å². The summed E-state index contributed by atoms with van der Waals surface area (Å²) in [5.74, 6) is -1.34. The molecular formula is C12H14N8O7S. The third kappa shape index (κ3) is 4.16. The van der Waals surface area contributed by atoms with Crippen molar-refractivity contribution in [2.24, 2.45) is 0 Å². The van der Waals surface area contributed by atoms with Crippen molar-refractivity contribution in [1.29, 1.82) is 5.26 Å². The molecule has 0 spiro atoms. The molecule has 3 rings (SSSR count). The molecule has 1 aromatic rings. The van der Waals surface area contributed by atoms with Crippen molar-refractivity contribution < 1.29 is 31.6 Å². The van der Waals surface area contributed by atoms with Gasteiger partial charge in [0.25, 0.3) is 11.8 Å². The minimum Gasteiger partial charge on any atom is -0.309 e. The lowest BCUT2D eigenvalue weighted by atomic mass is 10.0.